The number of hydrogen-bond acceptors (Lipinski definition) is 2. The molecule has 0 amide bonds. The summed E-state index contributed by atoms with van der Waals surface area (Å²) in [6.45, 7) is 10.7. The van der Waals surface area contributed by atoms with Gasteiger partial charge < -0.3 is 5.32 Å². The van der Waals surface area contributed by atoms with Gasteiger partial charge in [-0.3, -0.25) is 4.40 Å². The van der Waals surface area contributed by atoms with Gasteiger partial charge in [-0.15, -0.1) is 0 Å². The van der Waals surface area contributed by atoms with E-state index in [-0.39, 0.29) is 5.54 Å². The van der Waals surface area contributed by atoms with Gasteiger partial charge in [0.05, 0.1) is 0 Å². The molecule has 3 rings (SSSR count). The number of aryl methyl sites for hydroxylation is 2. The molecule has 0 bridgehead atoms. The molecule has 0 aliphatic rings. The quantitative estimate of drug-likeness (QED) is 0.733. The van der Waals surface area contributed by atoms with Crippen LogP contribution in [0.5, 0.6) is 0 Å². The molecule has 0 aliphatic heterocycles. The highest BCUT2D eigenvalue weighted by Gasteiger charge is 2.19. The van der Waals surface area contributed by atoms with Crippen LogP contribution >= 0.6 is 0 Å². The molecular formula is C19H23N3. The van der Waals surface area contributed by atoms with Gasteiger partial charge in [0.2, 0.25) is 0 Å². The molecule has 0 radical (unpaired) electrons. The third-order valence-corrected chi connectivity index (χ3v) is 3.66. The van der Waals surface area contributed by atoms with Gasteiger partial charge in [0.15, 0.2) is 0 Å². The first kappa shape index (κ1) is 14.6. The van der Waals surface area contributed by atoms with Crippen molar-refractivity contribution in [1.29, 1.82) is 0 Å². The van der Waals surface area contributed by atoms with Crippen LogP contribution in [0.25, 0.3) is 16.9 Å². The van der Waals surface area contributed by atoms with Crippen LogP contribution < -0.4 is 5.32 Å². The van der Waals surface area contributed by atoms with Crippen molar-refractivity contribution in [2.24, 2.45) is 0 Å². The van der Waals surface area contributed by atoms with Crippen LogP contribution in [-0.2, 0) is 0 Å². The van der Waals surface area contributed by atoms with Gasteiger partial charge in [-0.25, -0.2) is 4.98 Å². The molecule has 2 heterocycles. The third-order valence-electron chi connectivity index (χ3n) is 3.66. The van der Waals surface area contributed by atoms with E-state index in [2.05, 4.69) is 86.9 Å². The minimum Gasteiger partial charge on any atom is -0.365 e. The SMILES string of the molecule is Cc1ccc(-c2nc3c(C)cccn3c2NC(C)(C)C)cc1. The summed E-state index contributed by atoms with van der Waals surface area (Å²) in [6.07, 6.45) is 2.07. The summed E-state index contributed by atoms with van der Waals surface area (Å²) in [6, 6.07) is 12.7. The number of nitrogens with zero attached hydrogens (tertiary/aromatic N) is 2. The van der Waals surface area contributed by atoms with E-state index in [0.717, 1.165) is 22.7 Å². The van der Waals surface area contributed by atoms with Gasteiger partial charge in [-0.1, -0.05) is 35.9 Å². The number of benzene rings is 1. The highest BCUT2D eigenvalue weighted by Crippen LogP contribution is 2.31. The Hall–Kier alpha value is -2.29. The summed E-state index contributed by atoms with van der Waals surface area (Å²) < 4.78 is 2.15. The van der Waals surface area contributed by atoms with E-state index < -0.39 is 0 Å². The van der Waals surface area contributed by atoms with E-state index in [0.29, 0.717) is 0 Å². The van der Waals surface area contributed by atoms with Gasteiger partial charge >= 0.3 is 0 Å². The lowest BCUT2D eigenvalue weighted by Crippen LogP contribution is -2.27. The number of pyridine rings is 1. The van der Waals surface area contributed by atoms with Gasteiger partial charge in [-0.05, 0) is 46.2 Å². The lowest BCUT2D eigenvalue weighted by atomic mass is 10.1. The number of anilines is 1. The molecule has 1 aromatic carbocycles. The molecule has 3 nitrogen and oxygen atoms in total. The monoisotopic (exact) mass is 293 g/mol. The molecule has 2 aromatic heterocycles. The van der Waals surface area contributed by atoms with E-state index in [4.69, 9.17) is 4.98 Å². The summed E-state index contributed by atoms with van der Waals surface area (Å²) in [4.78, 5) is 4.90. The Labute approximate surface area is 132 Å². The lowest BCUT2D eigenvalue weighted by molar-refractivity contribution is 0.629. The highest BCUT2D eigenvalue weighted by molar-refractivity contribution is 5.77. The number of fused-ring (bicyclic) bond motifs is 1. The number of rotatable bonds is 2. The Morgan fingerprint density at radius 3 is 2.32 bits per heavy atom. The molecule has 0 fully saturated rings. The second kappa shape index (κ2) is 5.16. The molecule has 3 aromatic rings. The largest absolute Gasteiger partial charge is 0.365 e. The van der Waals surface area contributed by atoms with Gasteiger partial charge in [0.1, 0.15) is 17.2 Å². The Morgan fingerprint density at radius 1 is 1.00 bits per heavy atom. The average Bonchev–Trinajstić information content (AvgIpc) is 2.78. The van der Waals surface area contributed by atoms with E-state index >= 15 is 0 Å². The van der Waals surface area contributed by atoms with Crippen molar-refractivity contribution in [2.45, 2.75) is 40.2 Å². The Bertz CT molecular complexity index is 805. The number of nitrogens with one attached hydrogen (secondary N) is 1. The normalized spacial score (nSPS) is 11.9. The lowest BCUT2D eigenvalue weighted by Gasteiger charge is -2.22. The van der Waals surface area contributed by atoms with Crippen molar-refractivity contribution in [3.8, 4) is 11.3 Å². The fourth-order valence-corrected chi connectivity index (χ4v) is 2.59. The van der Waals surface area contributed by atoms with Crippen molar-refractivity contribution >= 4 is 11.5 Å². The molecule has 22 heavy (non-hydrogen) atoms. The minimum absolute atomic E-state index is 0.0286. The van der Waals surface area contributed by atoms with Crippen molar-refractivity contribution in [3.05, 3.63) is 53.7 Å². The van der Waals surface area contributed by atoms with E-state index in [1.165, 1.54) is 11.1 Å². The van der Waals surface area contributed by atoms with Crippen LogP contribution in [0.1, 0.15) is 31.9 Å². The third kappa shape index (κ3) is 2.71. The fourth-order valence-electron chi connectivity index (χ4n) is 2.59. The van der Waals surface area contributed by atoms with Crippen molar-refractivity contribution in [3.63, 3.8) is 0 Å². The maximum absolute atomic E-state index is 4.90. The smallest absolute Gasteiger partial charge is 0.142 e. The zero-order valence-electron chi connectivity index (χ0n) is 13.9. The predicted molar refractivity (Wildman–Crippen MR) is 93.5 cm³/mol. The number of hydrogen-bond donors (Lipinski definition) is 1. The molecule has 0 spiro atoms. The molecule has 3 heteroatoms. The predicted octanol–water partition coefficient (Wildman–Crippen LogP) is 4.83. The molecule has 114 valence electrons. The zero-order chi connectivity index (χ0) is 15.9. The standard InChI is InChI=1S/C19H23N3/c1-13-8-10-15(11-9-13)16-18(21-19(3,4)5)22-12-6-7-14(2)17(22)20-16/h6-12,21H,1-5H3. The molecule has 0 saturated heterocycles. The molecule has 1 N–H and O–H groups in total. The first-order chi connectivity index (χ1) is 10.3. The molecular weight excluding hydrogens is 270 g/mol. The molecule has 0 unspecified atom stereocenters. The number of imidazole rings is 1. The molecule has 0 aliphatic carbocycles. The highest BCUT2D eigenvalue weighted by atomic mass is 15.2. The fraction of sp³-hybridized carbons (Fsp3) is 0.316. The second-order valence-corrected chi connectivity index (χ2v) is 6.93. The zero-order valence-corrected chi connectivity index (χ0v) is 13.9. The summed E-state index contributed by atoms with van der Waals surface area (Å²) in [5.41, 5.74) is 5.56. The topological polar surface area (TPSA) is 29.3 Å². The van der Waals surface area contributed by atoms with Gasteiger partial charge in [0, 0.05) is 17.3 Å². The first-order valence-corrected chi connectivity index (χ1v) is 7.68. The van der Waals surface area contributed by atoms with E-state index in [1.807, 2.05) is 0 Å². The van der Waals surface area contributed by atoms with E-state index in [9.17, 15) is 0 Å². The Kier molecular flexibility index (Phi) is 3.44. The second-order valence-electron chi connectivity index (χ2n) is 6.93. The van der Waals surface area contributed by atoms with Crippen LogP contribution in [0.4, 0.5) is 5.82 Å². The summed E-state index contributed by atoms with van der Waals surface area (Å²) in [7, 11) is 0. The summed E-state index contributed by atoms with van der Waals surface area (Å²) in [5.74, 6) is 1.05. The van der Waals surface area contributed by atoms with Crippen LogP contribution in [0, 0.1) is 13.8 Å². The average molecular weight is 293 g/mol. The first-order valence-electron chi connectivity index (χ1n) is 7.68. The Balaban J connectivity index is 2.26. The van der Waals surface area contributed by atoms with Crippen LogP contribution in [0.3, 0.4) is 0 Å². The van der Waals surface area contributed by atoms with Crippen LogP contribution in [-0.4, -0.2) is 14.9 Å². The van der Waals surface area contributed by atoms with E-state index in [1.54, 1.807) is 0 Å². The maximum Gasteiger partial charge on any atom is 0.142 e. The van der Waals surface area contributed by atoms with Crippen molar-refractivity contribution in [1.82, 2.24) is 9.38 Å². The molecule has 0 saturated carbocycles. The maximum atomic E-state index is 4.90. The van der Waals surface area contributed by atoms with Gasteiger partial charge in [-0.2, -0.15) is 0 Å². The molecule has 0 atom stereocenters. The summed E-state index contributed by atoms with van der Waals surface area (Å²) >= 11 is 0. The Morgan fingerprint density at radius 2 is 1.68 bits per heavy atom. The van der Waals surface area contributed by atoms with Crippen molar-refractivity contribution < 1.29 is 0 Å². The minimum atomic E-state index is -0.0286. The van der Waals surface area contributed by atoms with Crippen molar-refractivity contribution in [2.75, 3.05) is 5.32 Å². The van der Waals surface area contributed by atoms with Gasteiger partial charge in [0.25, 0.3) is 0 Å². The van der Waals surface area contributed by atoms with Crippen LogP contribution in [0.2, 0.25) is 0 Å². The number of aromatic nitrogens is 2. The van der Waals surface area contributed by atoms with Crippen LogP contribution in [0.15, 0.2) is 42.6 Å². The summed E-state index contributed by atoms with van der Waals surface area (Å²) in [5, 5.41) is 3.61.